The maximum atomic E-state index is 5.59. The molecule has 0 saturated heterocycles. The van der Waals surface area contributed by atoms with Crippen LogP contribution in [0, 0.1) is 5.41 Å². The van der Waals surface area contributed by atoms with E-state index in [1.807, 2.05) is 0 Å². The number of hydrogen-bond acceptors (Lipinski definition) is 2. The fraction of sp³-hybridized carbons (Fsp3) is 1.00. The molecule has 1 aliphatic rings. The van der Waals surface area contributed by atoms with Crippen LogP contribution in [-0.2, 0) is 9.47 Å². The molecule has 0 bridgehead atoms. The molecule has 84 valence electrons. The van der Waals surface area contributed by atoms with E-state index in [-0.39, 0.29) is 0 Å². The van der Waals surface area contributed by atoms with Crippen LogP contribution < -0.4 is 0 Å². The Bertz CT molecular complexity index is 129. The third-order valence-corrected chi connectivity index (χ3v) is 3.14. The molecule has 1 saturated carbocycles. The standard InChI is InChI=1S/C12H24O2/c1-3-13-10-12(11-14-4-2)8-6-5-7-9-12/h3-11H2,1-2H3. The van der Waals surface area contributed by atoms with Crippen LogP contribution in [0.3, 0.4) is 0 Å². The molecule has 1 aliphatic carbocycles. The molecule has 0 aromatic rings. The van der Waals surface area contributed by atoms with Gasteiger partial charge in [0.25, 0.3) is 0 Å². The van der Waals surface area contributed by atoms with Gasteiger partial charge < -0.3 is 9.47 Å². The van der Waals surface area contributed by atoms with Gasteiger partial charge in [0.1, 0.15) is 0 Å². The van der Waals surface area contributed by atoms with Crippen LogP contribution in [0.15, 0.2) is 0 Å². The van der Waals surface area contributed by atoms with Crippen molar-refractivity contribution in [2.75, 3.05) is 26.4 Å². The maximum absolute atomic E-state index is 5.59. The molecule has 1 rings (SSSR count). The van der Waals surface area contributed by atoms with Crippen molar-refractivity contribution in [1.82, 2.24) is 0 Å². The highest BCUT2D eigenvalue weighted by atomic mass is 16.5. The van der Waals surface area contributed by atoms with Crippen molar-refractivity contribution < 1.29 is 9.47 Å². The number of rotatable bonds is 6. The molecule has 0 aliphatic heterocycles. The van der Waals surface area contributed by atoms with Crippen molar-refractivity contribution in [2.24, 2.45) is 5.41 Å². The summed E-state index contributed by atoms with van der Waals surface area (Å²) in [6, 6.07) is 0. The minimum absolute atomic E-state index is 0.338. The van der Waals surface area contributed by atoms with E-state index in [0.717, 1.165) is 26.4 Å². The first-order chi connectivity index (χ1) is 6.83. The van der Waals surface area contributed by atoms with Crippen LogP contribution in [-0.4, -0.2) is 26.4 Å². The summed E-state index contributed by atoms with van der Waals surface area (Å²) in [4.78, 5) is 0. The fourth-order valence-electron chi connectivity index (χ4n) is 2.27. The van der Waals surface area contributed by atoms with E-state index < -0.39 is 0 Å². The Morgan fingerprint density at radius 2 is 1.36 bits per heavy atom. The first kappa shape index (κ1) is 12.0. The van der Waals surface area contributed by atoms with Gasteiger partial charge in [-0.1, -0.05) is 19.3 Å². The molecule has 0 heterocycles. The van der Waals surface area contributed by atoms with Gasteiger partial charge >= 0.3 is 0 Å². The van der Waals surface area contributed by atoms with Gasteiger partial charge in [-0.3, -0.25) is 0 Å². The van der Waals surface area contributed by atoms with Gasteiger partial charge in [-0.2, -0.15) is 0 Å². The first-order valence-electron chi connectivity index (χ1n) is 5.98. The molecule has 0 atom stereocenters. The third-order valence-electron chi connectivity index (χ3n) is 3.14. The SMILES string of the molecule is CCOCC1(COCC)CCCCC1. The largest absolute Gasteiger partial charge is 0.381 e. The predicted octanol–water partition coefficient (Wildman–Crippen LogP) is 3.01. The Hall–Kier alpha value is -0.0800. The van der Waals surface area contributed by atoms with Gasteiger partial charge in [-0.25, -0.2) is 0 Å². The smallest absolute Gasteiger partial charge is 0.0544 e. The van der Waals surface area contributed by atoms with Crippen LogP contribution in [0.25, 0.3) is 0 Å². The summed E-state index contributed by atoms with van der Waals surface area (Å²) < 4.78 is 11.2. The molecule has 2 nitrogen and oxygen atoms in total. The number of hydrogen-bond donors (Lipinski definition) is 0. The second-order valence-electron chi connectivity index (χ2n) is 4.33. The highest BCUT2D eigenvalue weighted by Crippen LogP contribution is 2.36. The average molecular weight is 200 g/mol. The van der Waals surface area contributed by atoms with Crippen molar-refractivity contribution in [1.29, 1.82) is 0 Å². The van der Waals surface area contributed by atoms with Gasteiger partial charge in [-0.05, 0) is 26.7 Å². The zero-order valence-corrected chi connectivity index (χ0v) is 9.68. The second-order valence-corrected chi connectivity index (χ2v) is 4.33. The molecule has 2 heteroatoms. The molecule has 0 N–H and O–H groups in total. The van der Waals surface area contributed by atoms with Crippen molar-refractivity contribution in [3.63, 3.8) is 0 Å². The van der Waals surface area contributed by atoms with Gasteiger partial charge in [-0.15, -0.1) is 0 Å². The highest BCUT2D eigenvalue weighted by Gasteiger charge is 2.32. The fourth-order valence-corrected chi connectivity index (χ4v) is 2.27. The summed E-state index contributed by atoms with van der Waals surface area (Å²) in [6.07, 6.45) is 6.65. The molecule has 0 spiro atoms. The average Bonchev–Trinajstić information content (AvgIpc) is 2.25. The van der Waals surface area contributed by atoms with E-state index in [9.17, 15) is 0 Å². The van der Waals surface area contributed by atoms with E-state index in [4.69, 9.17) is 9.47 Å². The Morgan fingerprint density at radius 1 is 0.857 bits per heavy atom. The van der Waals surface area contributed by atoms with Crippen molar-refractivity contribution >= 4 is 0 Å². The zero-order valence-electron chi connectivity index (χ0n) is 9.68. The van der Waals surface area contributed by atoms with Gasteiger partial charge in [0.2, 0.25) is 0 Å². The lowest BCUT2D eigenvalue weighted by molar-refractivity contribution is -0.0368. The summed E-state index contributed by atoms with van der Waals surface area (Å²) in [5, 5.41) is 0. The molecule has 0 amide bonds. The van der Waals surface area contributed by atoms with Gasteiger partial charge in [0.05, 0.1) is 13.2 Å². The first-order valence-corrected chi connectivity index (χ1v) is 5.98. The molecular formula is C12H24O2. The molecule has 0 aromatic heterocycles. The minimum Gasteiger partial charge on any atom is -0.381 e. The lowest BCUT2D eigenvalue weighted by Gasteiger charge is -2.36. The van der Waals surface area contributed by atoms with Gasteiger partial charge in [0.15, 0.2) is 0 Å². The van der Waals surface area contributed by atoms with Crippen LogP contribution in [0.2, 0.25) is 0 Å². The zero-order chi connectivity index (χ0) is 10.3. The van der Waals surface area contributed by atoms with E-state index in [2.05, 4.69) is 13.8 Å². The molecule has 0 aromatic carbocycles. The van der Waals surface area contributed by atoms with E-state index >= 15 is 0 Å². The second kappa shape index (κ2) is 6.41. The van der Waals surface area contributed by atoms with Crippen molar-refractivity contribution in [2.45, 2.75) is 46.0 Å². The Labute approximate surface area is 88.0 Å². The summed E-state index contributed by atoms with van der Waals surface area (Å²) in [5.74, 6) is 0. The molecule has 0 unspecified atom stereocenters. The van der Waals surface area contributed by atoms with E-state index in [1.54, 1.807) is 0 Å². The predicted molar refractivity (Wildman–Crippen MR) is 58.5 cm³/mol. The molecule has 1 fully saturated rings. The summed E-state index contributed by atoms with van der Waals surface area (Å²) >= 11 is 0. The Balaban J connectivity index is 2.39. The topological polar surface area (TPSA) is 18.5 Å². The van der Waals surface area contributed by atoms with Crippen LogP contribution in [0.5, 0.6) is 0 Å². The van der Waals surface area contributed by atoms with Crippen molar-refractivity contribution in [3.05, 3.63) is 0 Å². The summed E-state index contributed by atoms with van der Waals surface area (Å²) in [7, 11) is 0. The van der Waals surface area contributed by atoms with E-state index in [1.165, 1.54) is 32.1 Å². The molecular weight excluding hydrogens is 176 g/mol. The number of ether oxygens (including phenoxy) is 2. The summed E-state index contributed by atoms with van der Waals surface area (Å²) in [6.45, 7) is 7.57. The lowest BCUT2D eigenvalue weighted by Crippen LogP contribution is -2.34. The van der Waals surface area contributed by atoms with Crippen LogP contribution in [0.4, 0.5) is 0 Å². The monoisotopic (exact) mass is 200 g/mol. The third kappa shape index (κ3) is 3.58. The Morgan fingerprint density at radius 3 is 1.79 bits per heavy atom. The van der Waals surface area contributed by atoms with Gasteiger partial charge in [0, 0.05) is 18.6 Å². The highest BCUT2D eigenvalue weighted by molar-refractivity contribution is 4.82. The van der Waals surface area contributed by atoms with Crippen LogP contribution >= 0.6 is 0 Å². The minimum atomic E-state index is 0.338. The molecule has 14 heavy (non-hydrogen) atoms. The summed E-state index contributed by atoms with van der Waals surface area (Å²) in [5.41, 5.74) is 0.338. The molecule has 0 radical (unpaired) electrons. The lowest BCUT2D eigenvalue weighted by atomic mass is 9.75. The van der Waals surface area contributed by atoms with Crippen LogP contribution in [0.1, 0.15) is 46.0 Å². The normalized spacial score (nSPS) is 21.0. The maximum Gasteiger partial charge on any atom is 0.0544 e. The van der Waals surface area contributed by atoms with E-state index in [0.29, 0.717) is 5.41 Å². The Kier molecular flexibility index (Phi) is 5.49. The quantitative estimate of drug-likeness (QED) is 0.656. The van der Waals surface area contributed by atoms with Crippen molar-refractivity contribution in [3.8, 4) is 0 Å².